The van der Waals surface area contributed by atoms with Crippen LogP contribution in [-0.4, -0.2) is 49.3 Å². The summed E-state index contributed by atoms with van der Waals surface area (Å²) in [4.78, 5) is 13.4. The zero-order valence-corrected chi connectivity index (χ0v) is 24.8. The lowest BCUT2D eigenvalue weighted by Gasteiger charge is -2.28. The maximum atomic E-state index is 14.6. The number of rotatable bonds is 8. The van der Waals surface area contributed by atoms with Gasteiger partial charge in [0, 0.05) is 17.4 Å². The van der Waals surface area contributed by atoms with E-state index in [9.17, 15) is 30.4 Å². The first-order chi connectivity index (χ1) is 19.9. The Kier molecular flexibility index (Phi) is 8.41. The summed E-state index contributed by atoms with van der Waals surface area (Å²) < 4.78 is 84.8. The molecule has 1 saturated heterocycles. The number of sulfonamides is 2. The predicted molar refractivity (Wildman–Crippen MR) is 157 cm³/mol. The molecule has 42 heavy (non-hydrogen) atoms. The van der Waals surface area contributed by atoms with Crippen LogP contribution in [0.25, 0.3) is 10.8 Å². The van der Waals surface area contributed by atoms with Crippen molar-refractivity contribution in [2.75, 3.05) is 6.54 Å². The fraction of sp³-hybridized carbons (Fsp3) is 0.207. The fourth-order valence-corrected chi connectivity index (χ4v) is 8.21. The van der Waals surface area contributed by atoms with Crippen molar-refractivity contribution < 1.29 is 30.4 Å². The fourth-order valence-electron chi connectivity index (χ4n) is 4.79. The number of amides is 1. The van der Waals surface area contributed by atoms with Gasteiger partial charge in [0.15, 0.2) is 0 Å². The molecule has 0 radical (unpaired) electrons. The highest BCUT2D eigenvalue weighted by atomic mass is 32.2. The zero-order chi connectivity index (χ0) is 30.2. The van der Waals surface area contributed by atoms with Gasteiger partial charge in [0.05, 0.1) is 16.3 Å². The molecule has 1 amide bonds. The van der Waals surface area contributed by atoms with E-state index < -0.39 is 55.4 Å². The molecule has 13 heteroatoms. The number of nitrogens with one attached hydrogen (secondary N) is 1. The van der Waals surface area contributed by atoms with Crippen molar-refractivity contribution in [1.82, 2.24) is 14.1 Å². The molecule has 1 fully saturated rings. The minimum absolute atomic E-state index is 0.00546. The highest BCUT2D eigenvalue weighted by Gasteiger charge is 2.44. The number of hydrazine groups is 1. The van der Waals surface area contributed by atoms with E-state index in [1.54, 1.807) is 37.3 Å². The maximum Gasteiger partial charge on any atom is 0.260 e. The van der Waals surface area contributed by atoms with Crippen LogP contribution in [0.1, 0.15) is 17.5 Å². The Morgan fingerprint density at radius 2 is 1.60 bits per heavy atom. The summed E-state index contributed by atoms with van der Waals surface area (Å²) in [5, 5.41) is 1.01. The molecule has 1 heterocycles. The summed E-state index contributed by atoms with van der Waals surface area (Å²) in [5.74, 6) is -2.64. The zero-order valence-electron chi connectivity index (χ0n) is 22.3. The van der Waals surface area contributed by atoms with Gasteiger partial charge in [0.2, 0.25) is 10.0 Å². The molecule has 0 bridgehead atoms. The molecule has 5 rings (SSSR count). The van der Waals surface area contributed by atoms with Crippen molar-refractivity contribution in [3.63, 3.8) is 0 Å². The summed E-state index contributed by atoms with van der Waals surface area (Å²) in [6, 6.07) is 18.8. The van der Waals surface area contributed by atoms with E-state index >= 15 is 0 Å². The molecule has 0 saturated carbocycles. The largest absolute Gasteiger partial charge is 0.273 e. The number of hydrogen-bond acceptors (Lipinski definition) is 6. The molecule has 0 aromatic heterocycles. The van der Waals surface area contributed by atoms with Crippen molar-refractivity contribution in [2.45, 2.75) is 41.0 Å². The first-order valence-electron chi connectivity index (χ1n) is 12.9. The molecule has 0 aliphatic carbocycles. The van der Waals surface area contributed by atoms with Gasteiger partial charge in [-0.2, -0.15) is 16.9 Å². The second kappa shape index (κ2) is 11.7. The molecule has 0 spiro atoms. The average Bonchev–Trinajstić information content (AvgIpc) is 3.37. The van der Waals surface area contributed by atoms with Crippen LogP contribution in [0.3, 0.4) is 0 Å². The van der Waals surface area contributed by atoms with E-state index in [0.29, 0.717) is 9.80 Å². The van der Waals surface area contributed by atoms with Gasteiger partial charge >= 0.3 is 0 Å². The van der Waals surface area contributed by atoms with Gasteiger partial charge in [-0.25, -0.2) is 25.6 Å². The third-order valence-corrected chi connectivity index (χ3v) is 10.9. The van der Waals surface area contributed by atoms with Crippen LogP contribution >= 0.6 is 12.6 Å². The van der Waals surface area contributed by atoms with E-state index in [2.05, 4.69) is 18.1 Å². The molecule has 1 N–H and O–H groups in total. The van der Waals surface area contributed by atoms with Crippen molar-refractivity contribution in [3.05, 3.63) is 108 Å². The van der Waals surface area contributed by atoms with Crippen LogP contribution in [0.15, 0.2) is 94.7 Å². The molecule has 4 aromatic carbocycles. The number of nitrogens with zero attached hydrogens (tertiary/aromatic N) is 2. The standard InChI is InChI=1S/C29H27F2N3O5S3/c1-19-6-10-25(11-7-19)42(38,39)34(17-22-14-23(30)9-13-27(22)31)32-29(35)28-16-24(40)18-33(28)41(36,37)26-12-8-20-4-2-3-5-21(20)15-26/h2-15,24,28,40H,16-18H2,1H3,(H,32,35)/t24-,28+/m1/s1. The van der Waals surface area contributed by atoms with Gasteiger partial charge in [0.25, 0.3) is 15.9 Å². The Balaban J connectivity index is 1.49. The van der Waals surface area contributed by atoms with Crippen LogP contribution in [0.5, 0.6) is 0 Å². The van der Waals surface area contributed by atoms with E-state index in [1.807, 2.05) is 12.1 Å². The van der Waals surface area contributed by atoms with Gasteiger partial charge in [0.1, 0.15) is 17.7 Å². The Bertz CT molecular complexity index is 1870. The second-order valence-electron chi connectivity index (χ2n) is 10.0. The highest BCUT2D eigenvalue weighted by Crippen LogP contribution is 2.31. The molecular weight excluding hydrogens is 605 g/mol. The molecular formula is C29H27F2N3O5S3. The first-order valence-corrected chi connectivity index (χ1v) is 16.3. The Morgan fingerprint density at radius 1 is 0.929 bits per heavy atom. The minimum atomic E-state index is -4.49. The van der Waals surface area contributed by atoms with E-state index in [0.717, 1.165) is 33.5 Å². The van der Waals surface area contributed by atoms with Crippen LogP contribution in [0.4, 0.5) is 8.78 Å². The lowest BCUT2D eigenvalue weighted by atomic mass is 10.1. The van der Waals surface area contributed by atoms with Gasteiger partial charge in [-0.05, 0) is 66.6 Å². The van der Waals surface area contributed by atoms with Gasteiger partial charge in [-0.3, -0.25) is 10.2 Å². The van der Waals surface area contributed by atoms with Gasteiger partial charge in [-0.1, -0.05) is 48.0 Å². The Hall–Kier alpha value is -3.36. The SMILES string of the molecule is Cc1ccc(S(=O)(=O)N(Cc2cc(F)ccc2F)NC(=O)[C@@H]2C[C@@H](S)CN2S(=O)(=O)c2ccc3ccccc3c2)cc1. The number of halogens is 2. The minimum Gasteiger partial charge on any atom is -0.273 e. The number of carbonyl (C=O) groups excluding carboxylic acids is 1. The maximum absolute atomic E-state index is 14.6. The Labute approximate surface area is 248 Å². The van der Waals surface area contributed by atoms with E-state index in [1.165, 1.54) is 24.3 Å². The van der Waals surface area contributed by atoms with Crippen LogP contribution in [0, 0.1) is 18.6 Å². The quantitative estimate of drug-likeness (QED) is 0.222. The second-order valence-corrected chi connectivity index (χ2v) is 14.5. The van der Waals surface area contributed by atoms with Crippen LogP contribution in [-0.2, 0) is 31.4 Å². The summed E-state index contributed by atoms with van der Waals surface area (Å²) >= 11 is 4.42. The smallest absolute Gasteiger partial charge is 0.260 e. The van der Waals surface area contributed by atoms with Crippen molar-refractivity contribution in [1.29, 1.82) is 0 Å². The van der Waals surface area contributed by atoms with Crippen molar-refractivity contribution >= 4 is 49.4 Å². The average molecular weight is 632 g/mol. The van der Waals surface area contributed by atoms with Crippen LogP contribution < -0.4 is 5.43 Å². The molecule has 8 nitrogen and oxygen atoms in total. The normalized spacial score (nSPS) is 18.0. The molecule has 220 valence electrons. The molecule has 0 unspecified atom stereocenters. The predicted octanol–water partition coefficient (Wildman–Crippen LogP) is 4.41. The lowest BCUT2D eigenvalue weighted by Crippen LogP contribution is -2.53. The molecule has 1 aliphatic rings. The third-order valence-electron chi connectivity index (χ3n) is 7.03. The number of thiol groups is 1. The van der Waals surface area contributed by atoms with Gasteiger partial charge < -0.3 is 0 Å². The molecule has 2 atom stereocenters. The van der Waals surface area contributed by atoms with Gasteiger partial charge in [-0.15, -0.1) is 4.41 Å². The summed E-state index contributed by atoms with van der Waals surface area (Å²) in [6.07, 6.45) is -0.00546. The number of hydrogen-bond donors (Lipinski definition) is 2. The Morgan fingerprint density at radius 3 is 2.31 bits per heavy atom. The van der Waals surface area contributed by atoms with Crippen LogP contribution in [0.2, 0.25) is 0 Å². The summed E-state index contributed by atoms with van der Waals surface area (Å²) in [6.45, 7) is 0.913. The first kappa shape index (κ1) is 30.1. The number of benzene rings is 4. The summed E-state index contributed by atoms with van der Waals surface area (Å²) in [5.41, 5.74) is 2.74. The number of fused-ring (bicyclic) bond motifs is 1. The number of carbonyl (C=O) groups is 1. The van der Waals surface area contributed by atoms with E-state index in [-0.39, 0.29) is 28.3 Å². The molecule has 1 aliphatic heterocycles. The molecule has 4 aromatic rings. The topological polar surface area (TPSA) is 104 Å². The van der Waals surface area contributed by atoms with E-state index in [4.69, 9.17) is 0 Å². The third kappa shape index (κ3) is 6.06. The van der Waals surface area contributed by atoms with Crippen molar-refractivity contribution in [3.8, 4) is 0 Å². The highest BCUT2D eigenvalue weighted by molar-refractivity contribution is 7.89. The van der Waals surface area contributed by atoms with Crippen molar-refractivity contribution in [2.24, 2.45) is 0 Å². The lowest BCUT2D eigenvalue weighted by molar-refractivity contribution is -0.127. The summed E-state index contributed by atoms with van der Waals surface area (Å²) in [7, 11) is -8.70. The number of aryl methyl sites for hydroxylation is 1. The monoisotopic (exact) mass is 631 g/mol.